The zero-order chi connectivity index (χ0) is 19.9. The van der Waals surface area contributed by atoms with Crippen molar-refractivity contribution in [3.63, 3.8) is 0 Å². The number of nitrogens with zero attached hydrogens (tertiary/aromatic N) is 4. The van der Waals surface area contributed by atoms with E-state index in [9.17, 15) is 4.39 Å². The summed E-state index contributed by atoms with van der Waals surface area (Å²) in [5, 5.41) is 0. The number of hydrogen-bond donors (Lipinski definition) is 0. The Kier molecular flexibility index (Phi) is 6.26. The molecule has 3 heterocycles. The van der Waals surface area contributed by atoms with Gasteiger partial charge in [-0.2, -0.15) is 4.98 Å². The predicted octanol–water partition coefficient (Wildman–Crippen LogP) is 3.29. The molecule has 1 atom stereocenters. The molecule has 3 aromatic rings. The van der Waals surface area contributed by atoms with Crippen molar-refractivity contribution >= 4 is 0 Å². The van der Waals surface area contributed by atoms with Crippen molar-refractivity contribution in [1.29, 1.82) is 0 Å². The third kappa shape index (κ3) is 5.71. The molecule has 1 saturated heterocycles. The Morgan fingerprint density at radius 1 is 1.00 bits per heavy atom. The molecule has 0 radical (unpaired) electrons. The number of aromatic nitrogens is 3. The van der Waals surface area contributed by atoms with Gasteiger partial charge in [0.05, 0.1) is 12.4 Å². The second-order valence-electron chi connectivity index (χ2n) is 7.05. The number of halogens is 1. The van der Waals surface area contributed by atoms with Crippen LogP contribution in [0.2, 0.25) is 0 Å². The van der Waals surface area contributed by atoms with E-state index in [2.05, 4.69) is 19.9 Å². The summed E-state index contributed by atoms with van der Waals surface area (Å²) in [4.78, 5) is 15.0. The number of pyridine rings is 1. The van der Waals surface area contributed by atoms with Gasteiger partial charge in [0, 0.05) is 37.6 Å². The molecule has 0 spiro atoms. The molecule has 2 aromatic heterocycles. The van der Waals surface area contributed by atoms with Gasteiger partial charge in [0.1, 0.15) is 18.5 Å². The van der Waals surface area contributed by atoms with Crippen LogP contribution in [-0.2, 0) is 13.0 Å². The number of hydrogen-bond acceptors (Lipinski definition) is 6. The maximum absolute atomic E-state index is 13.0. The first kappa shape index (κ1) is 19.3. The van der Waals surface area contributed by atoms with E-state index in [4.69, 9.17) is 9.47 Å². The van der Waals surface area contributed by atoms with Gasteiger partial charge in [-0.15, -0.1) is 0 Å². The van der Waals surface area contributed by atoms with Gasteiger partial charge in [-0.1, -0.05) is 18.2 Å². The van der Waals surface area contributed by atoms with Gasteiger partial charge in [-0.25, -0.2) is 4.39 Å². The summed E-state index contributed by atoms with van der Waals surface area (Å²) >= 11 is 0. The van der Waals surface area contributed by atoms with E-state index in [-0.39, 0.29) is 11.9 Å². The lowest BCUT2D eigenvalue weighted by Gasteiger charge is -2.16. The molecule has 1 aromatic carbocycles. The van der Waals surface area contributed by atoms with Crippen LogP contribution in [0.1, 0.15) is 17.5 Å². The van der Waals surface area contributed by atoms with E-state index in [0.29, 0.717) is 18.4 Å². The van der Waals surface area contributed by atoms with Crippen LogP contribution < -0.4 is 9.47 Å². The fourth-order valence-electron chi connectivity index (χ4n) is 3.30. The van der Waals surface area contributed by atoms with Gasteiger partial charge in [0.2, 0.25) is 11.8 Å². The highest BCUT2D eigenvalue weighted by atomic mass is 19.1. The van der Waals surface area contributed by atoms with Crippen molar-refractivity contribution in [3.8, 4) is 11.8 Å². The van der Waals surface area contributed by atoms with E-state index < -0.39 is 0 Å². The number of benzene rings is 1. The lowest BCUT2D eigenvalue weighted by atomic mass is 10.1. The summed E-state index contributed by atoms with van der Waals surface area (Å²) in [6.45, 7) is 3.11. The van der Waals surface area contributed by atoms with E-state index in [1.807, 2.05) is 24.3 Å². The minimum atomic E-state index is -0.198. The monoisotopic (exact) mass is 394 g/mol. The normalized spacial score (nSPS) is 16.7. The molecule has 0 bridgehead atoms. The third-order valence-corrected chi connectivity index (χ3v) is 4.85. The second kappa shape index (κ2) is 9.43. The molecule has 1 unspecified atom stereocenters. The van der Waals surface area contributed by atoms with E-state index in [1.165, 1.54) is 12.1 Å². The highest BCUT2D eigenvalue weighted by Crippen LogP contribution is 2.19. The summed E-state index contributed by atoms with van der Waals surface area (Å²) in [6.07, 6.45) is 8.57. The second-order valence-corrected chi connectivity index (χ2v) is 7.05. The molecule has 0 N–H and O–H groups in total. The van der Waals surface area contributed by atoms with Crippen LogP contribution >= 0.6 is 0 Å². The highest BCUT2D eigenvalue weighted by Gasteiger charge is 2.24. The molecule has 1 aliphatic heterocycles. The number of rotatable bonds is 8. The molecular formula is C22H23FN4O2. The molecule has 7 heteroatoms. The first-order chi connectivity index (χ1) is 14.2. The Balaban J connectivity index is 1.24. The van der Waals surface area contributed by atoms with Gasteiger partial charge in [-0.3, -0.25) is 14.9 Å². The fourth-order valence-corrected chi connectivity index (χ4v) is 3.30. The number of ether oxygens (including phenoxy) is 2. The molecular weight excluding hydrogens is 371 g/mol. The Hall–Kier alpha value is -3.06. The molecule has 1 fully saturated rings. The lowest BCUT2D eigenvalue weighted by Crippen LogP contribution is -2.27. The van der Waals surface area contributed by atoms with Gasteiger partial charge in [0.25, 0.3) is 0 Å². The minimum Gasteiger partial charge on any atom is -0.472 e. The van der Waals surface area contributed by atoms with Crippen LogP contribution in [0.4, 0.5) is 4.39 Å². The Labute approximate surface area is 169 Å². The van der Waals surface area contributed by atoms with Crippen molar-refractivity contribution in [2.75, 3.05) is 19.6 Å². The predicted molar refractivity (Wildman–Crippen MR) is 106 cm³/mol. The molecule has 4 rings (SSSR count). The standard InChI is InChI=1S/C22H23FN4O2/c23-19-5-3-17(4-6-19)7-10-27-11-8-20(15-27)29-22-14-25-13-21(26-22)28-16-18-2-1-9-24-12-18/h1-6,9,12-14,20H,7-8,10-11,15-16H2. The van der Waals surface area contributed by atoms with Crippen LogP contribution in [0.15, 0.2) is 61.2 Å². The summed E-state index contributed by atoms with van der Waals surface area (Å²) < 4.78 is 24.7. The first-order valence-corrected chi connectivity index (χ1v) is 9.72. The molecule has 0 aliphatic carbocycles. The average molecular weight is 394 g/mol. The summed E-state index contributed by atoms with van der Waals surface area (Å²) in [5.41, 5.74) is 2.10. The minimum absolute atomic E-state index is 0.0751. The molecule has 0 saturated carbocycles. The van der Waals surface area contributed by atoms with Crippen LogP contribution in [0.25, 0.3) is 0 Å². The Morgan fingerprint density at radius 3 is 2.69 bits per heavy atom. The van der Waals surface area contributed by atoms with Crippen LogP contribution in [0.5, 0.6) is 11.8 Å². The van der Waals surface area contributed by atoms with Crippen molar-refractivity contribution in [1.82, 2.24) is 19.9 Å². The topological polar surface area (TPSA) is 60.4 Å². The number of likely N-dealkylation sites (tertiary alicyclic amines) is 1. The maximum atomic E-state index is 13.0. The van der Waals surface area contributed by atoms with Crippen LogP contribution in [0, 0.1) is 5.82 Å². The Morgan fingerprint density at radius 2 is 1.86 bits per heavy atom. The van der Waals surface area contributed by atoms with Crippen molar-refractivity contribution in [2.45, 2.75) is 25.6 Å². The molecule has 150 valence electrons. The molecule has 1 aliphatic rings. The summed E-state index contributed by atoms with van der Waals surface area (Å²) in [6, 6.07) is 10.5. The lowest BCUT2D eigenvalue weighted by molar-refractivity contribution is 0.188. The van der Waals surface area contributed by atoms with E-state index >= 15 is 0 Å². The van der Waals surface area contributed by atoms with Crippen LogP contribution in [-0.4, -0.2) is 45.6 Å². The van der Waals surface area contributed by atoms with Gasteiger partial charge >= 0.3 is 0 Å². The van der Waals surface area contributed by atoms with Crippen LogP contribution in [0.3, 0.4) is 0 Å². The third-order valence-electron chi connectivity index (χ3n) is 4.85. The van der Waals surface area contributed by atoms with Crippen molar-refractivity contribution < 1.29 is 13.9 Å². The summed E-state index contributed by atoms with van der Waals surface area (Å²) in [5.74, 6) is 0.702. The Bertz CT molecular complexity index is 908. The van der Waals surface area contributed by atoms with Crippen molar-refractivity contribution in [3.05, 3.63) is 78.1 Å². The SMILES string of the molecule is Fc1ccc(CCN2CCC(Oc3cncc(OCc4cccnc4)n3)C2)cc1. The average Bonchev–Trinajstić information content (AvgIpc) is 3.20. The quantitative estimate of drug-likeness (QED) is 0.584. The maximum Gasteiger partial charge on any atom is 0.235 e. The fraction of sp³-hybridized carbons (Fsp3) is 0.318. The first-order valence-electron chi connectivity index (χ1n) is 9.72. The molecule has 29 heavy (non-hydrogen) atoms. The smallest absolute Gasteiger partial charge is 0.235 e. The zero-order valence-corrected chi connectivity index (χ0v) is 16.1. The molecule has 0 amide bonds. The van der Waals surface area contributed by atoms with E-state index in [1.54, 1.807) is 24.8 Å². The largest absolute Gasteiger partial charge is 0.472 e. The van der Waals surface area contributed by atoms with Crippen molar-refractivity contribution in [2.24, 2.45) is 0 Å². The molecule has 6 nitrogen and oxygen atoms in total. The summed E-state index contributed by atoms with van der Waals surface area (Å²) in [7, 11) is 0. The van der Waals surface area contributed by atoms with Gasteiger partial charge < -0.3 is 9.47 Å². The van der Waals surface area contributed by atoms with Gasteiger partial charge in [0.15, 0.2) is 0 Å². The van der Waals surface area contributed by atoms with Gasteiger partial charge in [-0.05, 0) is 36.6 Å². The van der Waals surface area contributed by atoms with E-state index in [0.717, 1.165) is 43.6 Å². The zero-order valence-electron chi connectivity index (χ0n) is 16.1. The highest BCUT2D eigenvalue weighted by molar-refractivity contribution is 5.17.